The molecular weight excluding hydrogens is 332 g/mol. The molecule has 0 fully saturated rings. The van der Waals surface area contributed by atoms with E-state index in [1.807, 2.05) is 54.6 Å². The van der Waals surface area contributed by atoms with Gasteiger partial charge in [0, 0.05) is 13.1 Å². The van der Waals surface area contributed by atoms with Gasteiger partial charge in [-0.3, -0.25) is 14.5 Å². The van der Waals surface area contributed by atoms with Gasteiger partial charge in [-0.25, -0.2) is 0 Å². The summed E-state index contributed by atoms with van der Waals surface area (Å²) in [6.45, 7) is 1.45. The highest BCUT2D eigenvalue weighted by molar-refractivity contribution is 5.78. The van der Waals surface area contributed by atoms with Crippen LogP contribution in [0.25, 0.3) is 0 Å². The van der Waals surface area contributed by atoms with Crippen LogP contribution in [0.4, 0.5) is 0 Å². The van der Waals surface area contributed by atoms with Crippen molar-refractivity contribution in [2.45, 2.75) is 19.6 Å². The number of hydrogen-bond donors (Lipinski definition) is 2. The normalized spacial score (nSPS) is 10.5. The fourth-order valence-corrected chi connectivity index (χ4v) is 2.30. The number of nitrogens with one attached hydrogen (secondary N) is 1. The summed E-state index contributed by atoms with van der Waals surface area (Å²) in [5.74, 6) is -0.168. The zero-order valence-corrected chi connectivity index (χ0v) is 14.9. The number of ether oxygens (including phenoxy) is 1. The molecule has 0 unspecified atom stereocenters. The maximum Gasteiger partial charge on any atom is 0.304 e. The number of carboxylic acid groups (broad SMARTS) is 1. The van der Waals surface area contributed by atoms with E-state index in [0.29, 0.717) is 19.7 Å². The molecule has 0 saturated heterocycles. The third kappa shape index (κ3) is 7.36. The van der Waals surface area contributed by atoms with Crippen molar-refractivity contribution < 1.29 is 19.4 Å². The Balaban J connectivity index is 1.71. The molecule has 6 nitrogen and oxygen atoms in total. The number of para-hydroxylation sites is 1. The van der Waals surface area contributed by atoms with Crippen LogP contribution in [-0.4, -0.2) is 42.0 Å². The average Bonchev–Trinajstić information content (AvgIpc) is 2.65. The molecule has 138 valence electrons. The van der Waals surface area contributed by atoms with Crippen LogP contribution >= 0.6 is 0 Å². The van der Waals surface area contributed by atoms with Crippen LogP contribution in [0.1, 0.15) is 17.5 Å². The minimum atomic E-state index is -0.867. The molecule has 0 aliphatic carbocycles. The van der Waals surface area contributed by atoms with E-state index in [1.54, 1.807) is 11.9 Å². The topological polar surface area (TPSA) is 78.9 Å². The Kier molecular flexibility index (Phi) is 7.64. The van der Waals surface area contributed by atoms with Gasteiger partial charge >= 0.3 is 5.97 Å². The molecule has 2 aromatic rings. The second-order valence-electron chi connectivity index (χ2n) is 6.08. The first-order chi connectivity index (χ1) is 12.5. The number of carboxylic acids is 1. The van der Waals surface area contributed by atoms with Crippen LogP contribution < -0.4 is 10.1 Å². The number of rotatable bonds is 10. The summed E-state index contributed by atoms with van der Waals surface area (Å²) in [6.07, 6.45) is 0.0241. The molecule has 0 aliphatic rings. The monoisotopic (exact) mass is 356 g/mol. The van der Waals surface area contributed by atoms with Crippen molar-refractivity contribution in [2.24, 2.45) is 0 Å². The van der Waals surface area contributed by atoms with Gasteiger partial charge < -0.3 is 15.2 Å². The standard InChI is InChI=1S/C20H24N2O4/c1-22(12-11-20(24)25)14-19(23)21-13-16-7-9-17(10-8-16)15-26-18-5-3-2-4-6-18/h2-10H,11-15H2,1H3,(H,21,23)(H,24,25). The summed E-state index contributed by atoms with van der Waals surface area (Å²) in [5, 5.41) is 11.5. The van der Waals surface area contributed by atoms with Gasteiger partial charge in [-0.1, -0.05) is 42.5 Å². The van der Waals surface area contributed by atoms with Crippen LogP contribution in [0.15, 0.2) is 54.6 Å². The average molecular weight is 356 g/mol. The highest BCUT2D eigenvalue weighted by Gasteiger charge is 2.08. The zero-order chi connectivity index (χ0) is 18.8. The number of carbonyl (C=O) groups excluding carboxylic acids is 1. The molecule has 0 spiro atoms. The molecule has 2 aromatic carbocycles. The van der Waals surface area contributed by atoms with E-state index in [4.69, 9.17) is 9.84 Å². The van der Waals surface area contributed by atoms with Gasteiger partial charge in [-0.05, 0) is 30.3 Å². The zero-order valence-electron chi connectivity index (χ0n) is 14.9. The molecule has 0 heterocycles. The van der Waals surface area contributed by atoms with Crippen molar-refractivity contribution in [2.75, 3.05) is 20.1 Å². The van der Waals surface area contributed by atoms with Crippen LogP contribution in [-0.2, 0) is 22.7 Å². The Morgan fingerprint density at radius 2 is 1.69 bits per heavy atom. The lowest BCUT2D eigenvalue weighted by molar-refractivity contribution is -0.137. The van der Waals surface area contributed by atoms with Crippen molar-refractivity contribution in [3.8, 4) is 5.75 Å². The highest BCUT2D eigenvalue weighted by atomic mass is 16.5. The van der Waals surface area contributed by atoms with Crippen molar-refractivity contribution in [3.63, 3.8) is 0 Å². The van der Waals surface area contributed by atoms with E-state index in [-0.39, 0.29) is 18.9 Å². The van der Waals surface area contributed by atoms with Crippen LogP contribution in [0.5, 0.6) is 5.75 Å². The van der Waals surface area contributed by atoms with Gasteiger partial charge in [0.2, 0.25) is 5.91 Å². The molecule has 0 radical (unpaired) electrons. The second kappa shape index (κ2) is 10.2. The predicted molar refractivity (Wildman–Crippen MR) is 98.8 cm³/mol. The largest absolute Gasteiger partial charge is 0.489 e. The molecule has 0 bridgehead atoms. The Labute approximate surface area is 153 Å². The van der Waals surface area contributed by atoms with Crippen molar-refractivity contribution in [1.29, 1.82) is 0 Å². The summed E-state index contributed by atoms with van der Waals surface area (Å²) in [4.78, 5) is 24.1. The molecule has 2 rings (SSSR count). The summed E-state index contributed by atoms with van der Waals surface area (Å²) in [7, 11) is 1.73. The molecule has 2 N–H and O–H groups in total. The number of amides is 1. The number of aliphatic carboxylic acids is 1. The molecule has 26 heavy (non-hydrogen) atoms. The summed E-state index contributed by atoms with van der Waals surface area (Å²) in [5.41, 5.74) is 2.05. The number of hydrogen-bond acceptors (Lipinski definition) is 4. The second-order valence-corrected chi connectivity index (χ2v) is 6.08. The SMILES string of the molecule is CN(CCC(=O)O)CC(=O)NCc1ccc(COc2ccccc2)cc1. The first kappa shape index (κ1) is 19.5. The van der Waals surface area contributed by atoms with Gasteiger partial charge in [0.25, 0.3) is 0 Å². The number of carbonyl (C=O) groups is 2. The lowest BCUT2D eigenvalue weighted by Crippen LogP contribution is -2.35. The van der Waals surface area contributed by atoms with Gasteiger partial charge in [-0.15, -0.1) is 0 Å². The van der Waals surface area contributed by atoms with Crippen LogP contribution in [0.3, 0.4) is 0 Å². The van der Waals surface area contributed by atoms with Gasteiger partial charge in [0.1, 0.15) is 12.4 Å². The maximum atomic E-state index is 11.9. The summed E-state index contributed by atoms with van der Waals surface area (Å²) < 4.78 is 5.70. The predicted octanol–water partition coefficient (Wildman–Crippen LogP) is 2.29. The smallest absolute Gasteiger partial charge is 0.304 e. The van der Waals surface area contributed by atoms with E-state index in [0.717, 1.165) is 16.9 Å². The third-order valence-electron chi connectivity index (χ3n) is 3.78. The highest BCUT2D eigenvalue weighted by Crippen LogP contribution is 2.12. The van der Waals surface area contributed by atoms with Crippen molar-refractivity contribution in [3.05, 3.63) is 65.7 Å². The number of benzene rings is 2. The molecule has 1 amide bonds. The minimum Gasteiger partial charge on any atom is -0.489 e. The van der Waals surface area contributed by atoms with Gasteiger partial charge in [-0.2, -0.15) is 0 Å². The quantitative estimate of drug-likeness (QED) is 0.683. The molecule has 0 atom stereocenters. The lowest BCUT2D eigenvalue weighted by Gasteiger charge is -2.15. The fourth-order valence-electron chi connectivity index (χ4n) is 2.30. The number of nitrogens with zero attached hydrogens (tertiary/aromatic N) is 1. The van der Waals surface area contributed by atoms with Gasteiger partial charge in [0.15, 0.2) is 0 Å². The lowest BCUT2D eigenvalue weighted by atomic mass is 10.1. The molecule has 0 aromatic heterocycles. The van der Waals surface area contributed by atoms with E-state index >= 15 is 0 Å². The maximum absolute atomic E-state index is 11.9. The van der Waals surface area contributed by atoms with Crippen molar-refractivity contribution >= 4 is 11.9 Å². The fraction of sp³-hybridized carbons (Fsp3) is 0.300. The first-order valence-corrected chi connectivity index (χ1v) is 8.45. The van der Waals surface area contributed by atoms with Gasteiger partial charge in [0.05, 0.1) is 13.0 Å². The van der Waals surface area contributed by atoms with Crippen LogP contribution in [0.2, 0.25) is 0 Å². The van der Waals surface area contributed by atoms with Crippen molar-refractivity contribution in [1.82, 2.24) is 10.2 Å². The molecule has 0 saturated carbocycles. The number of likely N-dealkylation sites (N-methyl/N-ethyl adjacent to an activating group) is 1. The molecule has 6 heteroatoms. The van der Waals surface area contributed by atoms with Crippen LogP contribution in [0, 0.1) is 0 Å². The molecule has 0 aliphatic heterocycles. The summed E-state index contributed by atoms with van der Waals surface area (Å²) in [6, 6.07) is 17.5. The Bertz CT molecular complexity index is 702. The third-order valence-corrected chi connectivity index (χ3v) is 3.78. The Morgan fingerprint density at radius 3 is 2.35 bits per heavy atom. The van der Waals surface area contributed by atoms with E-state index in [1.165, 1.54) is 0 Å². The van der Waals surface area contributed by atoms with E-state index in [9.17, 15) is 9.59 Å². The van der Waals surface area contributed by atoms with E-state index < -0.39 is 5.97 Å². The summed E-state index contributed by atoms with van der Waals surface area (Å²) >= 11 is 0. The molecular formula is C20H24N2O4. The van der Waals surface area contributed by atoms with E-state index in [2.05, 4.69) is 5.32 Å². The Hall–Kier alpha value is -2.86. The Morgan fingerprint density at radius 1 is 1.04 bits per heavy atom. The minimum absolute atomic E-state index is 0.0241. The first-order valence-electron chi connectivity index (χ1n) is 8.45.